The zero-order chi connectivity index (χ0) is 23.6. The standard InChI is InChI=1S/C18H17ClF6N2O4/c1-16(2,3)27-14(28)13(19)12(8-26-27)29-9-10-4-6-11(7-5-10)30-17(21,22)15(20)31-18(23,24)25/h4-8,15H,9H2,1-3H3. The van der Waals surface area contributed by atoms with Crippen LogP contribution >= 0.6 is 11.6 Å². The maximum absolute atomic E-state index is 13.4. The van der Waals surface area contributed by atoms with Crippen molar-refractivity contribution in [3.05, 3.63) is 51.4 Å². The quantitative estimate of drug-likeness (QED) is 0.526. The van der Waals surface area contributed by atoms with Gasteiger partial charge >= 0.3 is 18.8 Å². The van der Waals surface area contributed by atoms with Gasteiger partial charge in [0.15, 0.2) is 10.8 Å². The van der Waals surface area contributed by atoms with Gasteiger partial charge in [-0.1, -0.05) is 23.7 Å². The first kappa shape index (κ1) is 24.8. The van der Waals surface area contributed by atoms with Gasteiger partial charge in [0.1, 0.15) is 12.4 Å². The van der Waals surface area contributed by atoms with Crippen molar-refractivity contribution in [3.8, 4) is 11.5 Å². The lowest BCUT2D eigenvalue weighted by molar-refractivity contribution is -0.411. The highest BCUT2D eigenvalue weighted by atomic mass is 35.5. The normalized spacial score (nSPS) is 13.7. The van der Waals surface area contributed by atoms with Crippen molar-refractivity contribution in [1.29, 1.82) is 0 Å². The summed E-state index contributed by atoms with van der Waals surface area (Å²) in [6, 6.07) is 4.40. The molecule has 1 heterocycles. The third-order valence-corrected chi connectivity index (χ3v) is 3.94. The summed E-state index contributed by atoms with van der Waals surface area (Å²) in [4.78, 5) is 12.3. The van der Waals surface area contributed by atoms with Crippen LogP contribution in [0.25, 0.3) is 0 Å². The van der Waals surface area contributed by atoms with Gasteiger partial charge in [0.25, 0.3) is 5.56 Å². The number of benzene rings is 1. The third-order valence-electron chi connectivity index (χ3n) is 3.60. The topological polar surface area (TPSA) is 62.6 Å². The lowest BCUT2D eigenvalue weighted by Gasteiger charge is -2.22. The molecule has 0 saturated carbocycles. The summed E-state index contributed by atoms with van der Waals surface area (Å²) in [7, 11) is 0. The van der Waals surface area contributed by atoms with E-state index in [4.69, 9.17) is 16.3 Å². The van der Waals surface area contributed by atoms with Crippen molar-refractivity contribution < 1.29 is 40.6 Å². The minimum absolute atomic E-state index is 0.0106. The van der Waals surface area contributed by atoms with Gasteiger partial charge < -0.3 is 9.47 Å². The predicted molar refractivity (Wildman–Crippen MR) is 96.9 cm³/mol. The predicted octanol–water partition coefficient (Wildman–Crippen LogP) is 5.03. The fourth-order valence-electron chi connectivity index (χ4n) is 2.20. The highest BCUT2D eigenvalue weighted by Gasteiger charge is 2.50. The fraction of sp³-hybridized carbons (Fsp3) is 0.444. The first-order chi connectivity index (χ1) is 14.1. The fourth-order valence-corrected chi connectivity index (χ4v) is 2.38. The minimum Gasteiger partial charge on any atom is -0.485 e. The lowest BCUT2D eigenvalue weighted by atomic mass is 10.1. The van der Waals surface area contributed by atoms with E-state index >= 15 is 0 Å². The molecule has 0 bridgehead atoms. The van der Waals surface area contributed by atoms with Crippen LogP contribution in [0.5, 0.6) is 11.5 Å². The molecule has 0 radical (unpaired) electrons. The van der Waals surface area contributed by atoms with Crippen LogP contribution in [0.1, 0.15) is 26.3 Å². The molecule has 0 amide bonds. The van der Waals surface area contributed by atoms with E-state index in [2.05, 4.69) is 14.6 Å². The van der Waals surface area contributed by atoms with E-state index in [0.717, 1.165) is 12.1 Å². The molecular formula is C18H17ClF6N2O4. The Kier molecular flexibility index (Phi) is 7.16. The zero-order valence-corrected chi connectivity index (χ0v) is 17.1. The highest BCUT2D eigenvalue weighted by Crippen LogP contribution is 2.32. The number of aromatic nitrogens is 2. The largest absolute Gasteiger partial charge is 0.525 e. The van der Waals surface area contributed by atoms with Crippen molar-refractivity contribution in [1.82, 2.24) is 9.78 Å². The Morgan fingerprint density at radius 2 is 1.68 bits per heavy atom. The Bertz CT molecular complexity index is 957. The molecule has 0 aliphatic carbocycles. The summed E-state index contributed by atoms with van der Waals surface area (Å²) < 4.78 is 88.7. The molecule has 0 N–H and O–H groups in total. The molecule has 172 valence electrons. The van der Waals surface area contributed by atoms with Crippen molar-refractivity contribution in [2.75, 3.05) is 0 Å². The first-order valence-corrected chi connectivity index (χ1v) is 8.93. The number of hydrogen-bond acceptors (Lipinski definition) is 5. The minimum atomic E-state index is -5.60. The second-order valence-corrected chi connectivity index (χ2v) is 7.56. The number of rotatable bonds is 7. The van der Waals surface area contributed by atoms with Gasteiger partial charge in [0.05, 0.1) is 11.7 Å². The van der Waals surface area contributed by atoms with E-state index in [1.807, 2.05) is 0 Å². The average Bonchev–Trinajstić information content (AvgIpc) is 2.61. The van der Waals surface area contributed by atoms with E-state index in [1.165, 1.54) is 23.0 Å². The van der Waals surface area contributed by atoms with Crippen LogP contribution < -0.4 is 15.0 Å². The van der Waals surface area contributed by atoms with Crippen LogP contribution in [0.15, 0.2) is 35.3 Å². The zero-order valence-electron chi connectivity index (χ0n) is 16.3. The number of halogens is 7. The molecule has 0 aliphatic rings. The van der Waals surface area contributed by atoms with Gasteiger partial charge in [-0.15, -0.1) is 13.2 Å². The third kappa shape index (κ3) is 6.76. The Labute approximate surface area is 177 Å². The number of alkyl halides is 6. The van der Waals surface area contributed by atoms with Crippen molar-refractivity contribution in [2.45, 2.75) is 51.7 Å². The highest BCUT2D eigenvalue weighted by molar-refractivity contribution is 6.31. The summed E-state index contributed by atoms with van der Waals surface area (Å²) >= 11 is 6.01. The maximum atomic E-state index is 13.4. The van der Waals surface area contributed by atoms with Crippen LogP contribution in [-0.2, 0) is 16.9 Å². The Balaban J connectivity index is 2.04. The van der Waals surface area contributed by atoms with E-state index in [0.29, 0.717) is 5.56 Å². The Morgan fingerprint density at radius 1 is 1.10 bits per heavy atom. The van der Waals surface area contributed by atoms with Crippen LogP contribution in [0.3, 0.4) is 0 Å². The molecule has 0 fully saturated rings. The summed E-state index contributed by atoms with van der Waals surface area (Å²) in [6.45, 7) is 5.11. The molecular weight excluding hydrogens is 458 g/mol. The average molecular weight is 475 g/mol. The van der Waals surface area contributed by atoms with Crippen molar-refractivity contribution in [2.24, 2.45) is 0 Å². The summed E-state index contributed by atoms with van der Waals surface area (Å²) in [6.07, 6.45) is -13.3. The number of ether oxygens (including phenoxy) is 3. The van der Waals surface area contributed by atoms with Gasteiger partial charge in [-0.2, -0.15) is 13.9 Å². The number of nitrogens with zero attached hydrogens (tertiary/aromatic N) is 2. The van der Waals surface area contributed by atoms with Crippen molar-refractivity contribution in [3.63, 3.8) is 0 Å². The molecule has 0 saturated heterocycles. The van der Waals surface area contributed by atoms with E-state index < -0.39 is 35.7 Å². The molecule has 13 heteroatoms. The van der Waals surface area contributed by atoms with Gasteiger partial charge in [-0.3, -0.25) is 4.79 Å². The molecule has 2 rings (SSSR count). The van der Waals surface area contributed by atoms with E-state index in [1.54, 1.807) is 20.8 Å². The van der Waals surface area contributed by atoms with Crippen LogP contribution in [0.4, 0.5) is 26.3 Å². The van der Waals surface area contributed by atoms with Crippen LogP contribution in [0, 0.1) is 0 Å². The number of hydrogen-bond donors (Lipinski definition) is 0. The first-order valence-electron chi connectivity index (χ1n) is 8.55. The Morgan fingerprint density at radius 3 is 2.19 bits per heavy atom. The van der Waals surface area contributed by atoms with Gasteiger partial charge in [0.2, 0.25) is 0 Å². The van der Waals surface area contributed by atoms with Crippen LogP contribution in [0.2, 0.25) is 5.02 Å². The van der Waals surface area contributed by atoms with Gasteiger partial charge in [-0.05, 0) is 38.5 Å². The summed E-state index contributed by atoms with van der Waals surface area (Å²) in [5.74, 6) is -0.627. The summed E-state index contributed by atoms with van der Waals surface area (Å²) in [5, 5.41) is 3.78. The molecule has 2 aromatic rings. The smallest absolute Gasteiger partial charge is 0.485 e. The second kappa shape index (κ2) is 8.95. The molecule has 0 spiro atoms. The maximum Gasteiger partial charge on any atom is 0.525 e. The molecule has 31 heavy (non-hydrogen) atoms. The van der Waals surface area contributed by atoms with Gasteiger partial charge in [-0.25, -0.2) is 13.8 Å². The van der Waals surface area contributed by atoms with Crippen LogP contribution in [-0.4, -0.2) is 28.6 Å². The second-order valence-electron chi connectivity index (χ2n) is 7.19. The van der Waals surface area contributed by atoms with Gasteiger partial charge in [0, 0.05) is 0 Å². The molecule has 6 nitrogen and oxygen atoms in total. The van der Waals surface area contributed by atoms with Crippen molar-refractivity contribution >= 4 is 11.6 Å². The summed E-state index contributed by atoms with van der Waals surface area (Å²) in [5.41, 5.74) is -0.782. The lowest BCUT2D eigenvalue weighted by Crippen LogP contribution is -2.41. The van der Waals surface area contributed by atoms with E-state index in [-0.39, 0.29) is 17.4 Å². The molecule has 1 atom stereocenters. The molecule has 0 aliphatic heterocycles. The van der Waals surface area contributed by atoms with E-state index in [9.17, 15) is 31.1 Å². The Hall–Kier alpha value is -2.47. The molecule has 1 aromatic carbocycles. The SMILES string of the molecule is CC(C)(C)n1ncc(OCc2ccc(OC(F)(F)C(F)OC(F)(F)F)cc2)c(Cl)c1=O. The molecule has 1 unspecified atom stereocenters. The monoisotopic (exact) mass is 474 g/mol. The molecule has 1 aromatic heterocycles.